The van der Waals surface area contributed by atoms with Crippen molar-refractivity contribution in [3.05, 3.63) is 16.3 Å². The lowest BCUT2D eigenvalue weighted by Crippen LogP contribution is -2.00. The van der Waals surface area contributed by atoms with E-state index in [1.807, 2.05) is 6.92 Å². The first-order chi connectivity index (χ1) is 8.13. The van der Waals surface area contributed by atoms with Crippen LogP contribution in [0.3, 0.4) is 0 Å². The van der Waals surface area contributed by atoms with Crippen LogP contribution in [0.2, 0.25) is 0 Å². The molecule has 0 atom stereocenters. The van der Waals surface area contributed by atoms with Gasteiger partial charge in [-0.05, 0) is 39.3 Å². The van der Waals surface area contributed by atoms with Crippen LogP contribution in [-0.2, 0) is 0 Å². The second kappa shape index (κ2) is 5.33. The molecule has 2 aromatic rings. The SMILES string of the molecule is Cc1nc(SCCCN)c2c(C)c(C)sc2n1. The van der Waals surface area contributed by atoms with Crippen molar-refractivity contribution in [1.82, 2.24) is 9.97 Å². The molecule has 0 bridgehead atoms. The first-order valence-corrected chi connectivity index (χ1v) is 7.51. The fourth-order valence-corrected chi connectivity index (χ4v) is 3.91. The molecular weight excluding hydrogens is 250 g/mol. The molecule has 0 unspecified atom stereocenters. The average molecular weight is 267 g/mol. The lowest BCUT2D eigenvalue weighted by Gasteiger charge is -2.04. The van der Waals surface area contributed by atoms with Crippen molar-refractivity contribution in [2.45, 2.75) is 32.2 Å². The summed E-state index contributed by atoms with van der Waals surface area (Å²) >= 11 is 3.55. The average Bonchev–Trinajstić information content (AvgIpc) is 2.54. The van der Waals surface area contributed by atoms with Crippen molar-refractivity contribution < 1.29 is 0 Å². The highest BCUT2D eigenvalue weighted by Crippen LogP contribution is 2.35. The number of nitrogens with two attached hydrogens (primary N) is 1. The van der Waals surface area contributed by atoms with Crippen molar-refractivity contribution in [1.29, 1.82) is 0 Å². The monoisotopic (exact) mass is 267 g/mol. The van der Waals surface area contributed by atoms with E-state index >= 15 is 0 Å². The highest BCUT2D eigenvalue weighted by atomic mass is 32.2. The first-order valence-electron chi connectivity index (χ1n) is 5.70. The summed E-state index contributed by atoms with van der Waals surface area (Å²) in [5.41, 5.74) is 6.84. The van der Waals surface area contributed by atoms with Crippen molar-refractivity contribution in [3.63, 3.8) is 0 Å². The van der Waals surface area contributed by atoms with Gasteiger partial charge in [0, 0.05) is 16.0 Å². The Bertz CT molecular complexity index is 534. The molecule has 92 valence electrons. The van der Waals surface area contributed by atoms with Crippen LogP contribution in [-0.4, -0.2) is 22.3 Å². The maximum Gasteiger partial charge on any atom is 0.128 e. The number of rotatable bonds is 4. The third-order valence-electron chi connectivity index (χ3n) is 2.69. The molecule has 0 radical (unpaired) electrons. The lowest BCUT2D eigenvalue weighted by atomic mass is 10.2. The van der Waals surface area contributed by atoms with Crippen LogP contribution in [0.4, 0.5) is 0 Å². The molecule has 0 aliphatic rings. The Morgan fingerprint density at radius 2 is 2.00 bits per heavy atom. The maximum atomic E-state index is 5.53. The van der Waals surface area contributed by atoms with E-state index in [1.165, 1.54) is 15.8 Å². The van der Waals surface area contributed by atoms with Gasteiger partial charge in [0.15, 0.2) is 0 Å². The number of thioether (sulfide) groups is 1. The minimum Gasteiger partial charge on any atom is -0.330 e. The molecule has 0 aliphatic carbocycles. The van der Waals surface area contributed by atoms with Gasteiger partial charge < -0.3 is 5.73 Å². The summed E-state index contributed by atoms with van der Waals surface area (Å²) in [5, 5.41) is 2.35. The largest absolute Gasteiger partial charge is 0.330 e. The van der Waals surface area contributed by atoms with Gasteiger partial charge in [0.25, 0.3) is 0 Å². The Balaban J connectivity index is 2.44. The summed E-state index contributed by atoms with van der Waals surface area (Å²) in [4.78, 5) is 11.5. The van der Waals surface area contributed by atoms with Crippen molar-refractivity contribution >= 4 is 33.3 Å². The van der Waals surface area contributed by atoms with Gasteiger partial charge in [0.1, 0.15) is 15.7 Å². The Labute approximate surface area is 110 Å². The Kier molecular flexibility index (Phi) is 4.01. The first kappa shape index (κ1) is 12.8. The van der Waals surface area contributed by atoms with Gasteiger partial charge in [0.2, 0.25) is 0 Å². The summed E-state index contributed by atoms with van der Waals surface area (Å²) in [6.07, 6.45) is 1.03. The smallest absolute Gasteiger partial charge is 0.128 e. The molecule has 0 fully saturated rings. The van der Waals surface area contributed by atoms with Crippen LogP contribution in [0.1, 0.15) is 22.7 Å². The molecule has 0 aromatic carbocycles. The van der Waals surface area contributed by atoms with E-state index in [0.717, 1.165) is 34.4 Å². The molecule has 2 heterocycles. The van der Waals surface area contributed by atoms with Gasteiger partial charge >= 0.3 is 0 Å². The Hall–Kier alpha value is -0.650. The zero-order valence-electron chi connectivity index (χ0n) is 10.4. The normalized spacial score (nSPS) is 11.3. The van der Waals surface area contributed by atoms with Crippen LogP contribution >= 0.6 is 23.1 Å². The van der Waals surface area contributed by atoms with E-state index in [0.29, 0.717) is 0 Å². The highest BCUT2D eigenvalue weighted by molar-refractivity contribution is 7.99. The molecule has 0 aliphatic heterocycles. The van der Waals surface area contributed by atoms with E-state index in [2.05, 4.69) is 23.8 Å². The van der Waals surface area contributed by atoms with Gasteiger partial charge in [-0.15, -0.1) is 23.1 Å². The number of thiophene rings is 1. The maximum absolute atomic E-state index is 5.53. The fraction of sp³-hybridized carbons (Fsp3) is 0.500. The highest BCUT2D eigenvalue weighted by Gasteiger charge is 2.13. The predicted molar refractivity (Wildman–Crippen MR) is 76.0 cm³/mol. The molecule has 2 aromatic heterocycles. The summed E-state index contributed by atoms with van der Waals surface area (Å²) in [6, 6.07) is 0. The van der Waals surface area contributed by atoms with E-state index in [4.69, 9.17) is 5.73 Å². The summed E-state index contributed by atoms with van der Waals surface area (Å²) < 4.78 is 0. The van der Waals surface area contributed by atoms with E-state index in [-0.39, 0.29) is 0 Å². The van der Waals surface area contributed by atoms with Gasteiger partial charge in [-0.2, -0.15) is 0 Å². The Morgan fingerprint density at radius 3 is 2.71 bits per heavy atom. The van der Waals surface area contributed by atoms with Crippen molar-refractivity contribution in [2.75, 3.05) is 12.3 Å². The van der Waals surface area contributed by atoms with Gasteiger partial charge in [-0.1, -0.05) is 0 Å². The number of aromatic nitrogens is 2. The number of hydrogen-bond acceptors (Lipinski definition) is 5. The topological polar surface area (TPSA) is 51.8 Å². The number of fused-ring (bicyclic) bond motifs is 1. The number of hydrogen-bond donors (Lipinski definition) is 1. The van der Waals surface area contributed by atoms with Crippen LogP contribution < -0.4 is 5.73 Å². The predicted octanol–water partition coefficient (Wildman–Crippen LogP) is 3.06. The van der Waals surface area contributed by atoms with E-state index in [9.17, 15) is 0 Å². The van der Waals surface area contributed by atoms with E-state index < -0.39 is 0 Å². The fourth-order valence-electron chi connectivity index (χ4n) is 1.67. The molecule has 2 N–H and O–H groups in total. The summed E-state index contributed by atoms with van der Waals surface area (Å²) in [6.45, 7) is 6.99. The molecule has 2 rings (SSSR count). The zero-order chi connectivity index (χ0) is 12.4. The Morgan fingerprint density at radius 1 is 1.24 bits per heavy atom. The second-order valence-electron chi connectivity index (χ2n) is 4.03. The minimum absolute atomic E-state index is 0.738. The summed E-state index contributed by atoms with van der Waals surface area (Å²) in [5.74, 6) is 1.88. The molecule has 0 saturated heterocycles. The van der Waals surface area contributed by atoms with Gasteiger partial charge in [0.05, 0.1) is 0 Å². The molecule has 0 spiro atoms. The third-order valence-corrected chi connectivity index (χ3v) is 4.86. The molecule has 3 nitrogen and oxygen atoms in total. The van der Waals surface area contributed by atoms with Crippen LogP contribution in [0, 0.1) is 20.8 Å². The molecular formula is C12H17N3S2. The van der Waals surface area contributed by atoms with Crippen molar-refractivity contribution in [2.24, 2.45) is 5.73 Å². The van der Waals surface area contributed by atoms with Gasteiger partial charge in [-0.3, -0.25) is 0 Å². The number of aryl methyl sites for hydroxylation is 3. The number of nitrogens with zero attached hydrogens (tertiary/aromatic N) is 2. The van der Waals surface area contributed by atoms with E-state index in [1.54, 1.807) is 23.1 Å². The quantitative estimate of drug-likeness (QED) is 0.525. The second-order valence-corrected chi connectivity index (χ2v) is 6.32. The minimum atomic E-state index is 0.738. The molecule has 0 saturated carbocycles. The molecule has 17 heavy (non-hydrogen) atoms. The van der Waals surface area contributed by atoms with Crippen molar-refractivity contribution in [3.8, 4) is 0 Å². The standard InChI is InChI=1S/C12H17N3S2/c1-7-8(2)17-12-10(7)11(14-9(3)15-12)16-6-4-5-13/h4-6,13H2,1-3H3. The van der Waals surface area contributed by atoms with Crippen LogP contribution in [0.25, 0.3) is 10.2 Å². The third kappa shape index (κ3) is 2.61. The lowest BCUT2D eigenvalue weighted by molar-refractivity contribution is 0.938. The van der Waals surface area contributed by atoms with Crippen LogP contribution in [0.5, 0.6) is 0 Å². The zero-order valence-corrected chi connectivity index (χ0v) is 12.0. The molecule has 5 heteroatoms. The van der Waals surface area contributed by atoms with Gasteiger partial charge in [-0.25, -0.2) is 9.97 Å². The van der Waals surface area contributed by atoms with Crippen LogP contribution in [0.15, 0.2) is 5.03 Å². The molecule has 0 amide bonds. The summed E-state index contributed by atoms with van der Waals surface area (Å²) in [7, 11) is 0.